The molecule has 0 saturated carbocycles. The van der Waals surface area contributed by atoms with Gasteiger partial charge in [-0.2, -0.15) is 0 Å². The van der Waals surface area contributed by atoms with Crippen LogP contribution in [0.5, 0.6) is 11.5 Å². The van der Waals surface area contributed by atoms with E-state index in [0.717, 1.165) is 9.87 Å². The van der Waals surface area contributed by atoms with E-state index in [1.807, 2.05) is 37.3 Å². The minimum Gasteiger partial charge on any atom is -0.455 e. The lowest BCUT2D eigenvalue weighted by Gasteiger charge is -2.24. The van der Waals surface area contributed by atoms with Crippen LogP contribution >= 0.6 is 15.9 Å². The molecule has 0 fully saturated rings. The summed E-state index contributed by atoms with van der Waals surface area (Å²) in [4.78, 5) is 13.2. The van der Waals surface area contributed by atoms with E-state index in [1.165, 1.54) is 12.1 Å². The van der Waals surface area contributed by atoms with Crippen LogP contribution in [0.2, 0.25) is 0 Å². The predicted octanol–water partition coefficient (Wildman–Crippen LogP) is 6.38. The van der Waals surface area contributed by atoms with E-state index in [9.17, 15) is 13.2 Å². The number of rotatable bonds is 8. The largest absolute Gasteiger partial charge is 0.455 e. The normalized spacial score (nSPS) is 11.0. The second-order valence-electron chi connectivity index (χ2n) is 7.76. The predicted molar refractivity (Wildman–Crippen MR) is 141 cm³/mol. The van der Waals surface area contributed by atoms with Crippen molar-refractivity contribution in [2.45, 2.75) is 11.8 Å². The fourth-order valence-corrected chi connectivity index (χ4v) is 5.18. The van der Waals surface area contributed by atoms with Crippen LogP contribution in [0.25, 0.3) is 0 Å². The quantitative estimate of drug-likeness (QED) is 0.276. The lowest BCUT2D eigenvalue weighted by molar-refractivity contribution is -0.114. The fraction of sp³-hybridized carbons (Fsp3) is 0.0741. The molecule has 4 aromatic carbocycles. The van der Waals surface area contributed by atoms with Gasteiger partial charge in [-0.3, -0.25) is 9.10 Å². The standard InChI is InChI=1S/C27H23BrN2O4S/c1-20-14-16-24(17-15-20)35(32,33)30(22-9-7-8-21(28)18-22)19-27(31)29-25-12-5-6-13-26(25)34-23-10-3-2-4-11-23/h2-18H,19H2,1H3,(H,29,31). The lowest BCUT2D eigenvalue weighted by atomic mass is 10.2. The SMILES string of the molecule is Cc1ccc(S(=O)(=O)N(CC(=O)Nc2ccccc2Oc2ccccc2)c2cccc(Br)c2)cc1. The van der Waals surface area contributed by atoms with Crippen LogP contribution in [0.3, 0.4) is 0 Å². The van der Waals surface area contributed by atoms with Gasteiger partial charge in [-0.05, 0) is 61.5 Å². The highest BCUT2D eigenvalue weighted by atomic mass is 79.9. The molecule has 0 saturated heterocycles. The Morgan fingerprint density at radius 3 is 2.29 bits per heavy atom. The van der Waals surface area contributed by atoms with E-state index < -0.39 is 22.5 Å². The molecule has 0 radical (unpaired) electrons. The molecule has 4 aromatic rings. The maximum absolute atomic E-state index is 13.6. The average Bonchev–Trinajstić information content (AvgIpc) is 2.84. The molecule has 0 atom stereocenters. The molecule has 8 heteroatoms. The van der Waals surface area contributed by atoms with Crippen molar-refractivity contribution >= 4 is 43.2 Å². The Morgan fingerprint density at radius 1 is 0.886 bits per heavy atom. The number of hydrogen-bond donors (Lipinski definition) is 1. The van der Waals surface area contributed by atoms with Gasteiger partial charge in [0, 0.05) is 4.47 Å². The van der Waals surface area contributed by atoms with Crippen LogP contribution in [0.4, 0.5) is 11.4 Å². The summed E-state index contributed by atoms with van der Waals surface area (Å²) in [5, 5.41) is 2.80. The van der Waals surface area contributed by atoms with Gasteiger partial charge in [0.05, 0.1) is 16.3 Å². The molecule has 0 heterocycles. The van der Waals surface area contributed by atoms with Crippen LogP contribution in [0, 0.1) is 6.92 Å². The number of anilines is 2. The summed E-state index contributed by atoms with van der Waals surface area (Å²) < 4.78 is 34.8. The second kappa shape index (κ2) is 10.8. The minimum absolute atomic E-state index is 0.101. The molecule has 0 aliphatic rings. The fourth-order valence-electron chi connectivity index (χ4n) is 3.38. The Hall–Kier alpha value is -3.62. The highest BCUT2D eigenvalue weighted by Gasteiger charge is 2.27. The zero-order valence-corrected chi connectivity index (χ0v) is 21.3. The molecular formula is C27H23BrN2O4S. The first-order chi connectivity index (χ1) is 16.8. The number of hydrogen-bond acceptors (Lipinski definition) is 4. The van der Waals surface area contributed by atoms with E-state index in [0.29, 0.717) is 27.3 Å². The van der Waals surface area contributed by atoms with Crippen LogP contribution in [0.15, 0.2) is 112 Å². The van der Waals surface area contributed by atoms with Crippen LogP contribution in [0.1, 0.15) is 5.56 Å². The van der Waals surface area contributed by atoms with Crippen molar-refractivity contribution in [3.05, 3.63) is 113 Å². The summed E-state index contributed by atoms with van der Waals surface area (Å²) in [7, 11) is -4.01. The number of nitrogens with one attached hydrogen (secondary N) is 1. The highest BCUT2D eigenvalue weighted by Crippen LogP contribution is 2.30. The van der Waals surface area contributed by atoms with Gasteiger partial charge in [0.15, 0.2) is 5.75 Å². The molecule has 0 unspecified atom stereocenters. The Labute approximate surface area is 213 Å². The molecule has 1 N–H and O–H groups in total. The van der Waals surface area contributed by atoms with Crippen molar-refractivity contribution in [2.24, 2.45) is 0 Å². The van der Waals surface area contributed by atoms with Crippen molar-refractivity contribution in [1.82, 2.24) is 0 Å². The number of para-hydroxylation sites is 3. The molecule has 0 bridgehead atoms. The van der Waals surface area contributed by atoms with Gasteiger partial charge in [-0.25, -0.2) is 8.42 Å². The topological polar surface area (TPSA) is 75.7 Å². The van der Waals surface area contributed by atoms with E-state index >= 15 is 0 Å². The Morgan fingerprint density at radius 2 is 1.57 bits per heavy atom. The van der Waals surface area contributed by atoms with Gasteiger partial charge in [0.25, 0.3) is 10.0 Å². The molecule has 35 heavy (non-hydrogen) atoms. The number of carbonyl (C=O) groups is 1. The summed E-state index contributed by atoms with van der Waals surface area (Å²) in [5.41, 5.74) is 1.73. The van der Waals surface area contributed by atoms with Crippen molar-refractivity contribution in [3.8, 4) is 11.5 Å². The molecule has 0 aliphatic carbocycles. The zero-order chi connectivity index (χ0) is 24.8. The van der Waals surface area contributed by atoms with Crippen molar-refractivity contribution in [3.63, 3.8) is 0 Å². The molecule has 178 valence electrons. The first-order valence-corrected chi connectivity index (χ1v) is 13.0. The van der Waals surface area contributed by atoms with Gasteiger partial charge in [-0.1, -0.05) is 70.0 Å². The number of ether oxygens (including phenoxy) is 1. The van der Waals surface area contributed by atoms with Gasteiger partial charge >= 0.3 is 0 Å². The molecule has 1 amide bonds. The highest BCUT2D eigenvalue weighted by molar-refractivity contribution is 9.10. The number of amides is 1. The van der Waals surface area contributed by atoms with Gasteiger partial charge in [0.1, 0.15) is 12.3 Å². The Balaban J connectivity index is 1.62. The third-order valence-corrected chi connectivity index (χ3v) is 7.41. The number of sulfonamides is 1. The summed E-state index contributed by atoms with van der Waals surface area (Å²) in [5.74, 6) is 0.555. The Bertz CT molecular complexity index is 1430. The third kappa shape index (κ3) is 6.09. The summed E-state index contributed by atoms with van der Waals surface area (Å²) in [6.07, 6.45) is 0. The van der Waals surface area contributed by atoms with E-state index in [2.05, 4.69) is 21.2 Å². The van der Waals surface area contributed by atoms with Crippen molar-refractivity contribution < 1.29 is 17.9 Å². The van der Waals surface area contributed by atoms with E-state index in [-0.39, 0.29) is 4.90 Å². The molecular weight excluding hydrogens is 528 g/mol. The number of benzene rings is 4. The zero-order valence-electron chi connectivity index (χ0n) is 18.9. The first-order valence-electron chi connectivity index (χ1n) is 10.8. The van der Waals surface area contributed by atoms with Crippen LogP contribution < -0.4 is 14.4 Å². The number of aryl methyl sites for hydroxylation is 1. The lowest BCUT2D eigenvalue weighted by Crippen LogP contribution is -2.38. The number of nitrogens with zero attached hydrogens (tertiary/aromatic N) is 1. The van der Waals surface area contributed by atoms with E-state index in [1.54, 1.807) is 60.7 Å². The second-order valence-corrected chi connectivity index (χ2v) is 10.5. The van der Waals surface area contributed by atoms with Crippen LogP contribution in [-0.4, -0.2) is 20.9 Å². The molecule has 0 aliphatic heterocycles. The number of carbonyl (C=O) groups excluding carboxylic acids is 1. The monoisotopic (exact) mass is 550 g/mol. The minimum atomic E-state index is -4.01. The summed E-state index contributed by atoms with van der Waals surface area (Å²) in [6.45, 7) is 1.46. The van der Waals surface area contributed by atoms with Gasteiger partial charge in [0.2, 0.25) is 5.91 Å². The molecule has 6 nitrogen and oxygen atoms in total. The first kappa shape index (κ1) is 24.5. The number of halogens is 1. The summed E-state index contributed by atoms with van der Waals surface area (Å²) >= 11 is 3.39. The smallest absolute Gasteiger partial charge is 0.264 e. The van der Waals surface area contributed by atoms with Crippen molar-refractivity contribution in [1.29, 1.82) is 0 Å². The van der Waals surface area contributed by atoms with Crippen LogP contribution in [-0.2, 0) is 14.8 Å². The van der Waals surface area contributed by atoms with Crippen molar-refractivity contribution in [2.75, 3.05) is 16.2 Å². The Kier molecular flexibility index (Phi) is 7.53. The van der Waals surface area contributed by atoms with Gasteiger partial charge in [-0.15, -0.1) is 0 Å². The van der Waals surface area contributed by atoms with E-state index in [4.69, 9.17) is 4.74 Å². The molecule has 0 aromatic heterocycles. The summed E-state index contributed by atoms with van der Waals surface area (Å²) in [6, 6.07) is 29.5. The average molecular weight is 551 g/mol. The maximum Gasteiger partial charge on any atom is 0.264 e. The van der Waals surface area contributed by atoms with Gasteiger partial charge < -0.3 is 10.1 Å². The maximum atomic E-state index is 13.6. The molecule has 4 rings (SSSR count). The third-order valence-electron chi connectivity index (χ3n) is 5.12. The molecule has 0 spiro atoms.